The fourth-order valence-corrected chi connectivity index (χ4v) is 14.9. The molecule has 0 saturated heterocycles. The summed E-state index contributed by atoms with van der Waals surface area (Å²) in [4.78, 5) is 0. The van der Waals surface area contributed by atoms with E-state index in [0.717, 1.165) is 64.9 Å². The van der Waals surface area contributed by atoms with Gasteiger partial charge in [-0.15, -0.1) is 0 Å². The van der Waals surface area contributed by atoms with Crippen LogP contribution >= 0.6 is 7.14 Å². The van der Waals surface area contributed by atoms with Gasteiger partial charge in [-0.05, 0) is 110 Å². The van der Waals surface area contributed by atoms with Crippen molar-refractivity contribution in [3.05, 3.63) is 60.7 Å². The third-order valence-corrected chi connectivity index (χ3v) is 17.3. The first-order valence-corrected chi connectivity index (χ1v) is 19.2. The van der Waals surface area contributed by atoms with Gasteiger partial charge in [0.1, 0.15) is 7.14 Å². The molecule has 4 fully saturated rings. The van der Waals surface area contributed by atoms with Crippen molar-refractivity contribution in [2.24, 2.45) is 52.3 Å². The Hall–Kier alpha value is -1.33. The van der Waals surface area contributed by atoms with E-state index in [1.807, 2.05) is 0 Å². The summed E-state index contributed by atoms with van der Waals surface area (Å²) in [5, 5.41) is 2.14. The van der Waals surface area contributed by atoms with Crippen molar-refractivity contribution < 1.29 is 4.57 Å². The van der Waals surface area contributed by atoms with Gasteiger partial charge in [-0.3, -0.25) is 0 Å². The minimum Gasteiger partial charge on any atom is -0.313 e. The van der Waals surface area contributed by atoms with Gasteiger partial charge in [-0.25, -0.2) is 0 Å². The standard InChI is InChI=1S/C39H57OP/c1-28(2)13-12-14-29(3)35-21-22-36-34-20-19-30-27-33(23-25-38(30,4)37(34)24-26-39(35,36)5)41(40,31-15-8-6-9-16-31)32-17-10-7-11-18-32/h6-11,15-18,28-30,33-37H,12-14,19-27H2,1-5H3/t29-,30-,33+,34+,35-,36+,37+,38+,39-/m1/s1. The molecule has 4 aliphatic carbocycles. The number of fused-ring (bicyclic) bond motifs is 5. The Bertz CT molecular complexity index is 1160. The average molecular weight is 573 g/mol. The number of hydrogen-bond donors (Lipinski definition) is 0. The zero-order valence-electron chi connectivity index (χ0n) is 26.7. The second-order valence-corrected chi connectivity index (χ2v) is 19.0. The Labute approximate surface area is 252 Å². The molecule has 0 aliphatic heterocycles. The Morgan fingerprint density at radius 3 is 1.98 bits per heavy atom. The number of hydrogen-bond acceptors (Lipinski definition) is 1. The molecule has 41 heavy (non-hydrogen) atoms. The Morgan fingerprint density at radius 1 is 0.732 bits per heavy atom. The van der Waals surface area contributed by atoms with E-state index in [1.54, 1.807) is 0 Å². The van der Waals surface area contributed by atoms with Crippen LogP contribution in [0.4, 0.5) is 0 Å². The van der Waals surface area contributed by atoms with Crippen LogP contribution in [0.5, 0.6) is 0 Å². The molecule has 4 saturated carbocycles. The molecule has 2 aromatic carbocycles. The van der Waals surface area contributed by atoms with Crippen LogP contribution < -0.4 is 10.6 Å². The SMILES string of the molecule is CC(C)CCC[C@@H](C)[C@H]1CC[C@H]2[C@@H]3CC[C@@H]4C[C@@H](P(=O)(c5ccccc5)c5ccccc5)CC[C@]4(C)[C@H]3CC[C@]12C. The third kappa shape index (κ3) is 5.13. The highest BCUT2D eigenvalue weighted by Crippen LogP contribution is 2.70. The largest absolute Gasteiger partial charge is 0.313 e. The maximum atomic E-state index is 15.2. The molecule has 6 rings (SSSR count). The lowest BCUT2D eigenvalue weighted by molar-refractivity contribution is -0.113. The first-order valence-electron chi connectivity index (χ1n) is 17.4. The minimum atomic E-state index is -2.69. The molecule has 0 bridgehead atoms. The van der Waals surface area contributed by atoms with Gasteiger partial charge in [0, 0.05) is 16.3 Å². The molecular formula is C39H57OP. The Morgan fingerprint density at radius 2 is 1.34 bits per heavy atom. The molecule has 9 atom stereocenters. The topological polar surface area (TPSA) is 17.1 Å². The van der Waals surface area contributed by atoms with Gasteiger partial charge >= 0.3 is 0 Å². The van der Waals surface area contributed by atoms with Gasteiger partial charge in [0.05, 0.1) is 0 Å². The lowest BCUT2D eigenvalue weighted by atomic mass is 9.44. The second-order valence-electron chi connectivity index (χ2n) is 15.9. The fourth-order valence-electron chi connectivity index (χ4n) is 11.5. The summed E-state index contributed by atoms with van der Waals surface area (Å²) in [5.74, 6) is 6.12. The van der Waals surface area contributed by atoms with Gasteiger partial charge in [-0.2, -0.15) is 0 Å². The predicted molar refractivity (Wildman–Crippen MR) is 177 cm³/mol. The van der Waals surface area contributed by atoms with Gasteiger partial charge in [0.2, 0.25) is 0 Å². The van der Waals surface area contributed by atoms with Crippen molar-refractivity contribution in [3.63, 3.8) is 0 Å². The van der Waals surface area contributed by atoms with E-state index in [4.69, 9.17) is 0 Å². The summed E-state index contributed by atoms with van der Waals surface area (Å²) in [6.07, 6.45) is 16.4. The van der Waals surface area contributed by atoms with E-state index >= 15 is 4.57 Å². The van der Waals surface area contributed by atoms with Crippen molar-refractivity contribution in [1.82, 2.24) is 0 Å². The van der Waals surface area contributed by atoms with Crippen LogP contribution in [-0.4, -0.2) is 5.66 Å². The highest BCUT2D eigenvalue weighted by molar-refractivity contribution is 7.79. The number of rotatable bonds is 8. The summed E-state index contributed by atoms with van der Waals surface area (Å²) in [7, 11) is -2.69. The Kier molecular flexibility index (Phi) is 8.44. The van der Waals surface area contributed by atoms with Gasteiger partial charge in [0.15, 0.2) is 0 Å². The molecule has 2 aromatic rings. The fraction of sp³-hybridized carbons (Fsp3) is 0.692. The first kappa shape index (κ1) is 29.7. The maximum Gasteiger partial charge on any atom is 0.146 e. The van der Waals surface area contributed by atoms with E-state index in [9.17, 15) is 0 Å². The van der Waals surface area contributed by atoms with Gasteiger partial charge < -0.3 is 4.57 Å². The molecule has 0 radical (unpaired) electrons. The van der Waals surface area contributed by atoms with E-state index in [2.05, 4.69) is 95.3 Å². The van der Waals surface area contributed by atoms with Gasteiger partial charge in [0.25, 0.3) is 0 Å². The molecular weight excluding hydrogens is 515 g/mol. The summed E-state index contributed by atoms with van der Waals surface area (Å²) >= 11 is 0. The van der Waals surface area contributed by atoms with E-state index in [0.29, 0.717) is 10.8 Å². The van der Waals surface area contributed by atoms with Crippen LogP contribution in [0.25, 0.3) is 0 Å². The van der Waals surface area contributed by atoms with Gasteiger partial charge in [-0.1, -0.05) is 115 Å². The van der Waals surface area contributed by atoms with Crippen molar-refractivity contribution in [1.29, 1.82) is 0 Å². The van der Waals surface area contributed by atoms with E-state index in [1.165, 1.54) is 64.2 Å². The molecule has 224 valence electrons. The summed E-state index contributed by atoms with van der Waals surface area (Å²) in [6, 6.07) is 21.0. The normalized spacial score (nSPS) is 37.7. The quantitative estimate of drug-likeness (QED) is 0.288. The van der Waals surface area contributed by atoms with E-state index in [-0.39, 0.29) is 5.66 Å². The Balaban J connectivity index is 1.20. The summed E-state index contributed by atoms with van der Waals surface area (Å²) in [5.41, 5.74) is 1.27. The maximum absolute atomic E-state index is 15.2. The molecule has 0 heterocycles. The van der Waals surface area contributed by atoms with Crippen LogP contribution in [0, 0.1) is 52.3 Å². The molecule has 1 nitrogen and oxygen atoms in total. The van der Waals surface area contributed by atoms with Crippen molar-refractivity contribution in [3.8, 4) is 0 Å². The third-order valence-electron chi connectivity index (χ3n) is 13.6. The molecule has 0 unspecified atom stereocenters. The smallest absolute Gasteiger partial charge is 0.146 e. The lowest BCUT2D eigenvalue weighted by Gasteiger charge is -2.61. The van der Waals surface area contributed by atoms with Crippen molar-refractivity contribution in [2.75, 3.05) is 0 Å². The number of benzene rings is 2. The van der Waals surface area contributed by atoms with Crippen LogP contribution in [0.1, 0.15) is 112 Å². The predicted octanol–water partition coefficient (Wildman–Crippen LogP) is 10.5. The van der Waals surface area contributed by atoms with Crippen LogP contribution in [-0.2, 0) is 4.57 Å². The molecule has 4 aliphatic rings. The monoisotopic (exact) mass is 572 g/mol. The van der Waals surface area contributed by atoms with Crippen molar-refractivity contribution >= 4 is 17.8 Å². The van der Waals surface area contributed by atoms with Crippen molar-refractivity contribution in [2.45, 2.75) is 117 Å². The summed E-state index contributed by atoms with van der Waals surface area (Å²) in [6.45, 7) is 12.8. The molecule has 0 aromatic heterocycles. The summed E-state index contributed by atoms with van der Waals surface area (Å²) < 4.78 is 15.2. The van der Waals surface area contributed by atoms with E-state index < -0.39 is 7.14 Å². The highest BCUT2D eigenvalue weighted by atomic mass is 31.2. The molecule has 2 heteroatoms. The minimum absolute atomic E-state index is 0.276. The molecule has 0 N–H and O–H groups in total. The highest BCUT2D eigenvalue weighted by Gasteiger charge is 2.61. The van der Waals surface area contributed by atoms with Crippen LogP contribution in [0.3, 0.4) is 0 Å². The average Bonchev–Trinajstić information content (AvgIpc) is 3.34. The first-order chi connectivity index (χ1) is 19.7. The molecule has 0 spiro atoms. The lowest BCUT2D eigenvalue weighted by Crippen LogP contribution is -2.54. The zero-order chi connectivity index (χ0) is 28.8. The second kappa shape index (κ2) is 11.6. The zero-order valence-corrected chi connectivity index (χ0v) is 27.6. The van der Waals surface area contributed by atoms with Crippen LogP contribution in [0.15, 0.2) is 60.7 Å². The van der Waals surface area contributed by atoms with Crippen LogP contribution in [0.2, 0.25) is 0 Å². The molecule has 0 amide bonds.